The lowest BCUT2D eigenvalue weighted by Crippen LogP contribution is -1.73. The fourth-order valence-corrected chi connectivity index (χ4v) is 2.49. The lowest BCUT2D eigenvalue weighted by Gasteiger charge is -1.95. The van der Waals surface area contributed by atoms with Gasteiger partial charge < -0.3 is 0 Å². The molecule has 2 nitrogen and oxygen atoms in total. The molecule has 2 heteroatoms. The Balaban J connectivity index is 2.37. The van der Waals surface area contributed by atoms with Gasteiger partial charge in [-0.25, -0.2) is 4.98 Å². The molecule has 0 radical (unpaired) electrons. The largest absolute Gasteiger partial charge is 0.256 e. The molecule has 0 unspecified atom stereocenters. The molecule has 0 fully saturated rings. The van der Waals surface area contributed by atoms with E-state index in [9.17, 15) is 0 Å². The molecule has 0 amide bonds. The Hall–Kier alpha value is -2.48. The minimum Gasteiger partial charge on any atom is -0.256 e. The fourth-order valence-electron chi connectivity index (χ4n) is 2.49. The summed E-state index contributed by atoms with van der Waals surface area (Å²) in [4.78, 5) is 9.11. The summed E-state index contributed by atoms with van der Waals surface area (Å²) in [6, 6.07) is 18.4. The second-order valence-corrected chi connectivity index (χ2v) is 4.35. The SMILES string of the molecule is c1ccc2c(ccc3nc4ccccc4c32)nc1. The molecular weight excluding hydrogens is 220 g/mol. The van der Waals surface area contributed by atoms with Gasteiger partial charge >= 0.3 is 0 Å². The van der Waals surface area contributed by atoms with Crippen molar-refractivity contribution in [2.45, 2.75) is 0 Å². The van der Waals surface area contributed by atoms with Crippen molar-refractivity contribution in [2.24, 2.45) is 0 Å². The summed E-state index contributed by atoms with van der Waals surface area (Å²) < 4.78 is 0. The van der Waals surface area contributed by atoms with Crippen LogP contribution in [0.4, 0.5) is 0 Å². The number of fused-ring (bicyclic) bond motifs is 5. The molecule has 0 saturated heterocycles. The summed E-state index contributed by atoms with van der Waals surface area (Å²) in [5, 5.41) is 3.56. The highest BCUT2D eigenvalue weighted by Crippen LogP contribution is 2.30. The molecule has 0 aliphatic heterocycles. The van der Waals surface area contributed by atoms with Gasteiger partial charge in [-0.15, -0.1) is 0 Å². The standard InChI is InChI=1S/C16H10N2/c1-2-7-14-12(5-1)16-11-6-3-4-10-17-13(11)8-9-15(16)18-14/h1-10H. The van der Waals surface area contributed by atoms with Crippen LogP contribution < -0.4 is 0 Å². The number of hydrogen-bond acceptors (Lipinski definition) is 2. The number of aromatic nitrogens is 2. The molecule has 4 aromatic rings. The van der Waals surface area contributed by atoms with Gasteiger partial charge in [0.05, 0.1) is 16.6 Å². The highest BCUT2D eigenvalue weighted by molar-refractivity contribution is 6.19. The molecule has 0 aliphatic rings. The minimum absolute atomic E-state index is 1.01. The number of para-hydroxylation sites is 1. The number of benzene rings is 2. The van der Waals surface area contributed by atoms with Gasteiger partial charge in [-0.05, 0) is 24.3 Å². The maximum Gasteiger partial charge on any atom is 0.0723 e. The van der Waals surface area contributed by atoms with E-state index in [0.29, 0.717) is 0 Å². The van der Waals surface area contributed by atoms with Crippen LogP contribution in [0.5, 0.6) is 0 Å². The molecule has 0 bridgehead atoms. The quantitative estimate of drug-likeness (QED) is 0.457. The van der Waals surface area contributed by atoms with E-state index in [1.807, 2.05) is 36.5 Å². The number of nitrogens with zero attached hydrogens (tertiary/aromatic N) is 2. The average Bonchev–Trinajstić information content (AvgIpc) is 2.61. The van der Waals surface area contributed by atoms with Crippen LogP contribution in [0.2, 0.25) is 0 Å². The van der Waals surface area contributed by atoms with Gasteiger partial charge in [-0.3, -0.25) is 4.98 Å². The summed E-state index contributed by atoms with van der Waals surface area (Å²) >= 11 is 0. The van der Waals surface area contributed by atoms with Crippen molar-refractivity contribution in [3.05, 3.63) is 60.8 Å². The van der Waals surface area contributed by atoms with Crippen molar-refractivity contribution >= 4 is 32.7 Å². The first-order valence-corrected chi connectivity index (χ1v) is 5.96. The highest BCUT2D eigenvalue weighted by atomic mass is 14.7. The number of rotatable bonds is 0. The molecule has 2 aromatic carbocycles. The van der Waals surface area contributed by atoms with Crippen molar-refractivity contribution < 1.29 is 0 Å². The van der Waals surface area contributed by atoms with Gasteiger partial charge in [0.1, 0.15) is 0 Å². The predicted molar refractivity (Wildman–Crippen MR) is 74.6 cm³/mol. The maximum absolute atomic E-state index is 4.66. The van der Waals surface area contributed by atoms with Gasteiger partial charge in [0.15, 0.2) is 0 Å². The van der Waals surface area contributed by atoms with E-state index in [4.69, 9.17) is 0 Å². The lowest BCUT2D eigenvalue weighted by atomic mass is 10.1. The van der Waals surface area contributed by atoms with Crippen LogP contribution in [-0.2, 0) is 0 Å². The highest BCUT2D eigenvalue weighted by Gasteiger charge is 2.07. The molecule has 0 N–H and O–H groups in total. The van der Waals surface area contributed by atoms with Crippen molar-refractivity contribution in [3.8, 4) is 0 Å². The van der Waals surface area contributed by atoms with Gasteiger partial charge in [-0.1, -0.05) is 30.3 Å². The van der Waals surface area contributed by atoms with E-state index >= 15 is 0 Å². The zero-order valence-electron chi connectivity index (χ0n) is 9.67. The van der Waals surface area contributed by atoms with Crippen LogP contribution in [0.25, 0.3) is 32.7 Å². The summed E-state index contributed by atoms with van der Waals surface area (Å²) in [5.41, 5.74) is 3.09. The monoisotopic (exact) mass is 230 g/mol. The Labute approximate surface area is 104 Å². The second-order valence-electron chi connectivity index (χ2n) is 4.35. The first-order chi connectivity index (χ1) is 8.93. The molecule has 18 heavy (non-hydrogen) atoms. The fraction of sp³-hybridized carbons (Fsp3) is 0. The topological polar surface area (TPSA) is 25.8 Å². The smallest absolute Gasteiger partial charge is 0.0723 e. The van der Waals surface area contributed by atoms with Gasteiger partial charge in [0.2, 0.25) is 0 Å². The Kier molecular flexibility index (Phi) is 1.86. The molecule has 0 saturated carbocycles. The predicted octanol–water partition coefficient (Wildman–Crippen LogP) is 3.94. The van der Waals surface area contributed by atoms with Crippen molar-refractivity contribution in [2.75, 3.05) is 0 Å². The van der Waals surface area contributed by atoms with Crippen LogP contribution in [-0.4, -0.2) is 9.97 Å². The van der Waals surface area contributed by atoms with Crippen LogP contribution in [0.15, 0.2) is 60.8 Å². The van der Waals surface area contributed by atoms with E-state index in [1.54, 1.807) is 0 Å². The molecular formula is C16H10N2. The molecule has 0 spiro atoms. The first-order valence-electron chi connectivity index (χ1n) is 5.96. The summed E-state index contributed by atoms with van der Waals surface area (Å²) in [5.74, 6) is 0. The van der Waals surface area contributed by atoms with E-state index in [2.05, 4.69) is 34.2 Å². The summed E-state index contributed by atoms with van der Waals surface area (Å²) in [6.07, 6.45) is 1.83. The van der Waals surface area contributed by atoms with Crippen molar-refractivity contribution in [3.63, 3.8) is 0 Å². The average molecular weight is 230 g/mol. The molecule has 2 aromatic heterocycles. The van der Waals surface area contributed by atoms with Crippen LogP contribution in [0.1, 0.15) is 0 Å². The van der Waals surface area contributed by atoms with Crippen LogP contribution >= 0.6 is 0 Å². The molecule has 4 rings (SSSR count). The molecule has 2 heterocycles. The van der Waals surface area contributed by atoms with Crippen LogP contribution in [0.3, 0.4) is 0 Å². The number of hydrogen-bond donors (Lipinski definition) is 0. The van der Waals surface area contributed by atoms with Crippen molar-refractivity contribution in [1.29, 1.82) is 0 Å². The van der Waals surface area contributed by atoms with Crippen LogP contribution in [0, 0.1) is 0 Å². The van der Waals surface area contributed by atoms with E-state index in [-0.39, 0.29) is 0 Å². The lowest BCUT2D eigenvalue weighted by molar-refractivity contribution is 1.44. The van der Waals surface area contributed by atoms with Gasteiger partial charge in [0.25, 0.3) is 0 Å². The third kappa shape index (κ3) is 1.23. The molecule has 84 valence electrons. The Morgan fingerprint density at radius 2 is 1.33 bits per heavy atom. The third-order valence-corrected chi connectivity index (χ3v) is 3.29. The molecule has 0 aliphatic carbocycles. The normalized spacial score (nSPS) is 11.3. The van der Waals surface area contributed by atoms with Crippen molar-refractivity contribution in [1.82, 2.24) is 9.97 Å². The maximum atomic E-state index is 4.66. The summed E-state index contributed by atoms with van der Waals surface area (Å²) in [6.45, 7) is 0. The Morgan fingerprint density at radius 3 is 2.28 bits per heavy atom. The first kappa shape index (κ1) is 9.54. The molecule has 0 atom stereocenters. The van der Waals surface area contributed by atoms with E-state index < -0.39 is 0 Å². The zero-order chi connectivity index (χ0) is 11.9. The van der Waals surface area contributed by atoms with E-state index in [0.717, 1.165) is 21.9 Å². The second kappa shape index (κ2) is 3.50. The minimum atomic E-state index is 1.01. The summed E-state index contributed by atoms with van der Waals surface area (Å²) in [7, 11) is 0. The van der Waals surface area contributed by atoms with Gasteiger partial charge in [-0.2, -0.15) is 0 Å². The van der Waals surface area contributed by atoms with E-state index in [1.165, 1.54) is 10.8 Å². The van der Waals surface area contributed by atoms with Gasteiger partial charge in [0, 0.05) is 22.4 Å². The zero-order valence-corrected chi connectivity index (χ0v) is 9.67. The Morgan fingerprint density at radius 1 is 0.611 bits per heavy atom. The Bertz CT molecular complexity index is 881. The third-order valence-electron chi connectivity index (χ3n) is 3.29.